The van der Waals surface area contributed by atoms with Gasteiger partial charge in [-0.25, -0.2) is 0 Å². The summed E-state index contributed by atoms with van der Waals surface area (Å²) in [5, 5.41) is 17.2. The maximum Gasteiger partial charge on any atom is 0.188 e. The Kier molecular flexibility index (Phi) is 2.14. The standard InChI is InChI=1S/C7H9N3O/c8-2-1-6(9)5-3-7(11)10-4-5/h3-4,6,10-11H,1,9H2/t6-/m1/s1. The predicted molar refractivity (Wildman–Crippen MR) is 39.6 cm³/mol. The van der Waals surface area contributed by atoms with Crippen molar-refractivity contribution in [2.45, 2.75) is 12.5 Å². The van der Waals surface area contributed by atoms with Crippen molar-refractivity contribution in [3.63, 3.8) is 0 Å². The van der Waals surface area contributed by atoms with E-state index in [1.54, 1.807) is 6.20 Å². The molecule has 1 atom stereocenters. The Labute approximate surface area is 64.3 Å². The zero-order valence-corrected chi connectivity index (χ0v) is 5.91. The number of nitrogens with two attached hydrogens (primary N) is 1. The summed E-state index contributed by atoms with van der Waals surface area (Å²) in [5.74, 6) is 0.0772. The highest BCUT2D eigenvalue weighted by Crippen LogP contribution is 2.17. The number of aromatic amines is 1. The van der Waals surface area contributed by atoms with Crippen molar-refractivity contribution in [3.05, 3.63) is 17.8 Å². The molecule has 0 aliphatic heterocycles. The molecule has 0 amide bonds. The third-order valence-electron chi connectivity index (χ3n) is 1.43. The summed E-state index contributed by atoms with van der Waals surface area (Å²) in [6, 6.07) is 3.16. The third-order valence-corrected chi connectivity index (χ3v) is 1.43. The molecule has 0 aliphatic rings. The van der Waals surface area contributed by atoms with Crippen LogP contribution in [-0.2, 0) is 0 Å². The second-order valence-electron chi connectivity index (χ2n) is 2.29. The molecule has 0 radical (unpaired) electrons. The molecule has 4 nitrogen and oxygen atoms in total. The fourth-order valence-corrected chi connectivity index (χ4v) is 0.829. The molecule has 1 heterocycles. The molecule has 1 aromatic rings. The van der Waals surface area contributed by atoms with E-state index in [2.05, 4.69) is 4.98 Å². The van der Waals surface area contributed by atoms with Crippen LogP contribution in [0.15, 0.2) is 12.3 Å². The zero-order chi connectivity index (χ0) is 8.27. The molecule has 0 unspecified atom stereocenters. The van der Waals surface area contributed by atoms with Gasteiger partial charge in [0, 0.05) is 18.3 Å². The largest absolute Gasteiger partial charge is 0.495 e. The van der Waals surface area contributed by atoms with E-state index in [1.165, 1.54) is 6.07 Å². The molecule has 0 aliphatic carbocycles. The lowest BCUT2D eigenvalue weighted by molar-refractivity contribution is 0.457. The number of nitriles is 1. The summed E-state index contributed by atoms with van der Waals surface area (Å²) < 4.78 is 0. The van der Waals surface area contributed by atoms with Crippen molar-refractivity contribution < 1.29 is 5.11 Å². The van der Waals surface area contributed by atoms with Gasteiger partial charge in [0.15, 0.2) is 5.88 Å². The van der Waals surface area contributed by atoms with Gasteiger partial charge in [-0.2, -0.15) is 5.26 Å². The van der Waals surface area contributed by atoms with E-state index in [9.17, 15) is 0 Å². The second-order valence-corrected chi connectivity index (χ2v) is 2.29. The molecule has 0 aromatic carbocycles. The molecule has 0 saturated carbocycles. The SMILES string of the molecule is N#CC[C@@H](N)c1c[nH]c(O)c1. The number of hydrogen-bond acceptors (Lipinski definition) is 3. The van der Waals surface area contributed by atoms with Crippen LogP contribution in [0.5, 0.6) is 5.88 Å². The lowest BCUT2D eigenvalue weighted by Crippen LogP contribution is -2.07. The van der Waals surface area contributed by atoms with Gasteiger partial charge in [-0.3, -0.25) is 0 Å². The van der Waals surface area contributed by atoms with Crippen LogP contribution in [0.3, 0.4) is 0 Å². The Morgan fingerprint density at radius 3 is 3.00 bits per heavy atom. The van der Waals surface area contributed by atoms with Gasteiger partial charge in [-0.1, -0.05) is 0 Å². The van der Waals surface area contributed by atoms with Crippen molar-refractivity contribution >= 4 is 0 Å². The van der Waals surface area contributed by atoms with Crippen LogP contribution in [0.25, 0.3) is 0 Å². The molecule has 0 spiro atoms. The number of hydrogen-bond donors (Lipinski definition) is 3. The first-order valence-electron chi connectivity index (χ1n) is 3.24. The third kappa shape index (κ3) is 1.72. The smallest absolute Gasteiger partial charge is 0.188 e. The van der Waals surface area contributed by atoms with E-state index in [1.807, 2.05) is 6.07 Å². The summed E-state index contributed by atoms with van der Waals surface area (Å²) in [6.45, 7) is 0. The quantitative estimate of drug-likeness (QED) is 0.579. The number of nitrogens with zero attached hydrogens (tertiary/aromatic N) is 1. The van der Waals surface area contributed by atoms with E-state index in [4.69, 9.17) is 16.1 Å². The maximum atomic E-state index is 8.88. The van der Waals surface area contributed by atoms with Crippen LogP contribution >= 0.6 is 0 Å². The zero-order valence-electron chi connectivity index (χ0n) is 5.91. The van der Waals surface area contributed by atoms with Crippen LogP contribution < -0.4 is 5.73 Å². The minimum absolute atomic E-state index is 0.0772. The van der Waals surface area contributed by atoms with Gasteiger partial charge >= 0.3 is 0 Å². The summed E-state index contributed by atoms with van der Waals surface area (Å²) in [4.78, 5) is 2.57. The highest BCUT2D eigenvalue weighted by Gasteiger charge is 2.06. The Morgan fingerprint density at radius 1 is 1.82 bits per heavy atom. The van der Waals surface area contributed by atoms with Gasteiger partial charge < -0.3 is 15.8 Å². The minimum atomic E-state index is -0.308. The van der Waals surface area contributed by atoms with Gasteiger partial charge in [0.1, 0.15) is 0 Å². The molecule has 0 saturated heterocycles. The maximum absolute atomic E-state index is 8.88. The van der Waals surface area contributed by atoms with E-state index in [0.29, 0.717) is 0 Å². The van der Waals surface area contributed by atoms with Gasteiger partial charge in [0.25, 0.3) is 0 Å². The lowest BCUT2D eigenvalue weighted by atomic mass is 10.1. The average molecular weight is 151 g/mol. The Balaban J connectivity index is 2.70. The van der Waals surface area contributed by atoms with Gasteiger partial charge in [0.05, 0.1) is 12.5 Å². The highest BCUT2D eigenvalue weighted by atomic mass is 16.3. The topological polar surface area (TPSA) is 85.8 Å². The molecule has 1 rings (SSSR count). The van der Waals surface area contributed by atoms with E-state index >= 15 is 0 Å². The van der Waals surface area contributed by atoms with E-state index < -0.39 is 0 Å². The summed E-state index contributed by atoms with van der Waals surface area (Å²) in [6.07, 6.45) is 1.86. The van der Waals surface area contributed by atoms with Crippen LogP contribution in [0.2, 0.25) is 0 Å². The molecule has 0 bridgehead atoms. The summed E-state index contributed by atoms with van der Waals surface area (Å²) in [7, 11) is 0. The molecule has 11 heavy (non-hydrogen) atoms. The molecule has 1 aromatic heterocycles. The monoisotopic (exact) mass is 151 g/mol. The summed E-state index contributed by atoms with van der Waals surface area (Å²) in [5.41, 5.74) is 6.32. The molecule has 58 valence electrons. The number of aromatic nitrogens is 1. The molecular formula is C7H9N3O. The first-order valence-corrected chi connectivity index (χ1v) is 3.24. The molecule has 0 fully saturated rings. The summed E-state index contributed by atoms with van der Waals surface area (Å²) >= 11 is 0. The number of nitrogens with one attached hydrogen (secondary N) is 1. The van der Waals surface area contributed by atoms with Crippen LogP contribution in [0.4, 0.5) is 0 Å². The van der Waals surface area contributed by atoms with Gasteiger partial charge in [-0.05, 0) is 5.56 Å². The van der Waals surface area contributed by atoms with Crippen molar-refractivity contribution in [2.75, 3.05) is 0 Å². The van der Waals surface area contributed by atoms with Crippen molar-refractivity contribution in [1.82, 2.24) is 4.98 Å². The van der Waals surface area contributed by atoms with Crippen molar-refractivity contribution in [1.29, 1.82) is 5.26 Å². The van der Waals surface area contributed by atoms with Gasteiger partial charge in [-0.15, -0.1) is 0 Å². The number of rotatable bonds is 2. The fourth-order valence-electron chi connectivity index (χ4n) is 0.829. The normalized spacial score (nSPS) is 12.4. The first kappa shape index (κ1) is 7.63. The number of aromatic hydroxyl groups is 1. The molecule has 4 N–H and O–H groups in total. The Hall–Kier alpha value is -1.47. The average Bonchev–Trinajstić information content (AvgIpc) is 2.36. The number of H-pyrrole nitrogens is 1. The predicted octanol–water partition coefficient (Wildman–Crippen LogP) is 0.634. The first-order chi connectivity index (χ1) is 5.24. The van der Waals surface area contributed by atoms with Crippen LogP contribution in [0.1, 0.15) is 18.0 Å². The Morgan fingerprint density at radius 2 is 2.55 bits per heavy atom. The molecule has 4 heteroatoms. The Bertz CT molecular complexity index is 273. The van der Waals surface area contributed by atoms with E-state index in [-0.39, 0.29) is 18.3 Å². The van der Waals surface area contributed by atoms with Crippen molar-refractivity contribution in [3.8, 4) is 11.9 Å². The van der Waals surface area contributed by atoms with Crippen LogP contribution in [0, 0.1) is 11.3 Å². The fraction of sp³-hybridized carbons (Fsp3) is 0.286. The minimum Gasteiger partial charge on any atom is -0.495 e. The van der Waals surface area contributed by atoms with E-state index in [0.717, 1.165) is 5.56 Å². The lowest BCUT2D eigenvalue weighted by Gasteiger charge is -2.01. The molecular weight excluding hydrogens is 142 g/mol. The highest BCUT2D eigenvalue weighted by molar-refractivity contribution is 5.23. The van der Waals surface area contributed by atoms with Crippen molar-refractivity contribution in [2.24, 2.45) is 5.73 Å². The second kappa shape index (κ2) is 3.08. The van der Waals surface area contributed by atoms with Gasteiger partial charge in [0.2, 0.25) is 0 Å². The van der Waals surface area contributed by atoms with Crippen LogP contribution in [-0.4, -0.2) is 10.1 Å².